The lowest BCUT2D eigenvalue weighted by Gasteiger charge is -2.15. The smallest absolute Gasteiger partial charge is 0.260 e. The summed E-state index contributed by atoms with van der Waals surface area (Å²) in [7, 11) is 1.63. The Labute approximate surface area is 162 Å². The van der Waals surface area contributed by atoms with Crippen molar-refractivity contribution in [2.75, 3.05) is 13.7 Å². The second kappa shape index (κ2) is 8.90. The molecule has 0 saturated carbocycles. The molecule has 0 radical (unpaired) electrons. The van der Waals surface area contributed by atoms with Crippen LogP contribution < -0.4 is 4.74 Å². The molecule has 28 heavy (non-hydrogen) atoms. The van der Waals surface area contributed by atoms with Gasteiger partial charge in [-0.05, 0) is 36.4 Å². The molecule has 0 bridgehead atoms. The van der Waals surface area contributed by atoms with Gasteiger partial charge < -0.3 is 14.2 Å². The van der Waals surface area contributed by atoms with E-state index in [-0.39, 0.29) is 24.8 Å². The molecule has 1 amide bonds. The van der Waals surface area contributed by atoms with E-state index in [1.165, 1.54) is 4.90 Å². The highest BCUT2D eigenvalue weighted by Crippen LogP contribution is 2.16. The van der Waals surface area contributed by atoms with Crippen LogP contribution in [0.1, 0.15) is 29.6 Å². The fourth-order valence-electron chi connectivity index (χ4n) is 2.42. The van der Waals surface area contributed by atoms with Gasteiger partial charge in [0.15, 0.2) is 12.4 Å². The number of carbonyl (C=O) groups excluding carboxylic acids is 2. The van der Waals surface area contributed by atoms with Gasteiger partial charge in [0.25, 0.3) is 5.91 Å². The van der Waals surface area contributed by atoms with Crippen molar-refractivity contribution in [2.45, 2.75) is 19.9 Å². The van der Waals surface area contributed by atoms with Crippen LogP contribution in [0, 0.1) is 0 Å². The van der Waals surface area contributed by atoms with E-state index in [2.05, 4.69) is 15.1 Å². The zero-order valence-electron chi connectivity index (χ0n) is 15.7. The van der Waals surface area contributed by atoms with Crippen molar-refractivity contribution in [3.05, 3.63) is 60.2 Å². The van der Waals surface area contributed by atoms with Gasteiger partial charge >= 0.3 is 0 Å². The van der Waals surface area contributed by atoms with Crippen LogP contribution in [-0.2, 0) is 11.3 Å². The zero-order chi connectivity index (χ0) is 19.9. The number of carbonyl (C=O) groups is 2. The van der Waals surface area contributed by atoms with Gasteiger partial charge in [0, 0.05) is 37.0 Å². The van der Waals surface area contributed by atoms with Crippen molar-refractivity contribution in [3.8, 4) is 17.1 Å². The molecule has 0 N–H and O–H groups in total. The molecule has 0 spiro atoms. The van der Waals surface area contributed by atoms with Gasteiger partial charge in [-0.15, -0.1) is 0 Å². The molecule has 3 rings (SSSR count). The number of rotatable bonds is 8. The van der Waals surface area contributed by atoms with Gasteiger partial charge in [-0.2, -0.15) is 4.98 Å². The van der Waals surface area contributed by atoms with Crippen LogP contribution in [-0.4, -0.2) is 45.4 Å². The standard InChI is InChI=1S/C20H20N4O4/c1-3-17(25)14-4-6-16(7-5-14)27-13-19(26)24(2)12-18-22-20(23-28-18)15-8-10-21-11-9-15/h4-11H,3,12-13H2,1-2H3. The van der Waals surface area contributed by atoms with E-state index in [9.17, 15) is 9.59 Å². The third kappa shape index (κ3) is 4.79. The molecule has 0 aliphatic heterocycles. The number of aromatic nitrogens is 3. The largest absolute Gasteiger partial charge is 0.484 e. The maximum atomic E-state index is 12.3. The number of nitrogens with zero attached hydrogens (tertiary/aromatic N) is 4. The van der Waals surface area contributed by atoms with Crippen LogP contribution in [0.25, 0.3) is 11.4 Å². The topological polar surface area (TPSA) is 98.4 Å². The quantitative estimate of drug-likeness (QED) is 0.554. The monoisotopic (exact) mass is 380 g/mol. The van der Waals surface area contributed by atoms with Crippen LogP contribution >= 0.6 is 0 Å². The summed E-state index contributed by atoms with van der Waals surface area (Å²) in [6, 6.07) is 10.3. The highest BCUT2D eigenvalue weighted by atomic mass is 16.5. The Hall–Kier alpha value is -3.55. The molecule has 0 unspecified atom stereocenters. The van der Waals surface area contributed by atoms with E-state index in [0.717, 1.165) is 5.56 Å². The summed E-state index contributed by atoms with van der Waals surface area (Å²) in [6.07, 6.45) is 3.73. The molecule has 3 aromatic rings. The summed E-state index contributed by atoms with van der Waals surface area (Å²) in [6.45, 7) is 1.85. The Bertz CT molecular complexity index is 938. The van der Waals surface area contributed by atoms with Crippen molar-refractivity contribution in [2.24, 2.45) is 0 Å². The predicted molar refractivity (Wildman–Crippen MR) is 101 cm³/mol. The third-order valence-corrected chi connectivity index (χ3v) is 4.06. The molecule has 8 heteroatoms. The Morgan fingerprint density at radius 3 is 2.50 bits per heavy atom. The number of hydrogen-bond donors (Lipinski definition) is 0. The van der Waals surface area contributed by atoms with E-state index in [1.807, 2.05) is 6.92 Å². The first-order chi connectivity index (χ1) is 13.6. The Balaban J connectivity index is 1.52. The summed E-state index contributed by atoms with van der Waals surface area (Å²) in [5, 5.41) is 3.91. The number of ether oxygens (including phenoxy) is 1. The number of ketones is 1. The number of likely N-dealkylation sites (N-methyl/N-ethyl adjacent to an activating group) is 1. The van der Waals surface area contributed by atoms with Gasteiger partial charge in [0.1, 0.15) is 5.75 Å². The van der Waals surface area contributed by atoms with Crippen LogP contribution in [0.2, 0.25) is 0 Å². The Kier molecular flexibility index (Phi) is 6.11. The lowest BCUT2D eigenvalue weighted by atomic mass is 10.1. The molecule has 8 nitrogen and oxygen atoms in total. The van der Waals surface area contributed by atoms with E-state index in [0.29, 0.717) is 29.4 Å². The average Bonchev–Trinajstić information content (AvgIpc) is 3.21. The van der Waals surface area contributed by atoms with E-state index < -0.39 is 0 Å². The van der Waals surface area contributed by atoms with Crippen molar-refractivity contribution < 1.29 is 18.8 Å². The van der Waals surface area contributed by atoms with Gasteiger partial charge in [0.05, 0.1) is 6.54 Å². The molecule has 0 atom stereocenters. The molecule has 1 aromatic carbocycles. The van der Waals surface area contributed by atoms with Crippen molar-refractivity contribution in [1.29, 1.82) is 0 Å². The maximum absolute atomic E-state index is 12.3. The van der Waals surface area contributed by atoms with E-state index in [1.54, 1.807) is 55.8 Å². The van der Waals surface area contributed by atoms with Gasteiger partial charge in [-0.3, -0.25) is 14.6 Å². The first-order valence-corrected chi connectivity index (χ1v) is 8.80. The van der Waals surface area contributed by atoms with Gasteiger partial charge in [-0.25, -0.2) is 0 Å². The number of Topliss-reactive ketones (excluding diaryl/α,β-unsaturated/α-hetero) is 1. The average molecular weight is 380 g/mol. The van der Waals surface area contributed by atoms with Crippen LogP contribution in [0.15, 0.2) is 53.3 Å². The second-order valence-corrected chi connectivity index (χ2v) is 6.09. The molecular formula is C20H20N4O4. The maximum Gasteiger partial charge on any atom is 0.260 e. The van der Waals surface area contributed by atoms with Crippen LogP contribution in [0.3, 0.4) is 0 Å². The summed E-state index contributed by atoms with van der Waals surface area (Å²) in [5.74, 6) is 1.11. The first kappa shape index (κ1) is 19.2. The summed E-state index contributed by atoms with van der Waals surface area (Å²) in [5.41, 5.74) is 1.41. The number of pyridine rings is 1. The second-order valence-electron chi connectivity index (χ2n) is 6.09. The molecule has 144 valence electrons. The van der Waals surface area contributed by atoms with Gasteiger partial charge in [-0.1, -0.05) is 12.1 Å². The normalized spacial score (nSPS) is 10.5. The highest BCUT2D eigenvalue weighted by molar-refractivity contribution is 5.95. The molecule has 0 aliphatic carbocycles. The molecular weight excluding hydrogens is 360 g/mol. The highest BCUT2D eigenvalue weighted by Gasteiger charge is 2.15. The molecule has 2 heterocycles. The minimum Gasteiger partial charge on any atom is -0.484 e. The van der Waals surface area contributed by atoms with Gasteiger partial charge in [0.2, 0.25) is 11.7 Å². The lowest BCUT2D eigenvalue weighted by Crippen LogP contribution is -2.31. The minimum absolute atomic E-state index is 0.0630. The summed E-state index contributed by atoms with van der Waals surface area (Å²) in [4.78, 5) is 33.6. The zero-order valence-corrected chi connectivity index (χ0v) is 15.7. The van der Waals surface area contributed by atoms with Crippen molar-refractivity contribution >= 4 is 11.7 Å². The van der Waals surface area contributed by atoms with E-state index in [4.69, 9.17) is 9.26 Å². The molecule has 0 saturated heterocycles. The van der Waals surface area contributed by atoms with Crippen LogP contribution in [0.4, 0.5) is 0 Å². The first-order valence-electron chi connectivity index (χ1n) is 8.80. The molecule has 2 aromatic heterocycles. The van der Waals surface area contributed by atoms with Crippen LogP contribution in [0.5, 0.6) is 5.75 Å². The Morgan fingerprint density at radius 2 is 1.82 bits per heavy atom. The molecule has 0 fully saturated rings. The third-order valence-electron chi connectivity index (χ3n) is 4.06. The van der Waals surface area contributed by atoms with Crippen molar-refractivity contribution in [3.63, 3.8) is 0 Å². The molecule has 0 aliphatic rings. The summed E-state index contributed by atoms with van der Waals surface area (Å²) >= 11 is 0. The predicted octanol–water partition coefficient (Wildman–Crippen LogP) is 2.76. The minimum atomic E-state index is -0.239. The Morgan fingerprint density at radius 1 is 1.11 bits per heavy atom. The fourth-order valence-corrected chi connectivity index (χ4v) is 2.42. The number of hydrogen-bond acceptors (Lipinski definition) is 7. The van der Waals surface area contributed by atoms with E-state index >= 15 is 0 Å². The number of benzene rings is 1. The number of amides is 1. The fraction of sp³-hybridized carbons (Fsp3) is 0.250. The van der Waals surface area contributed by atoms with Crippen molar-refractivity contribution in [1.82, 2.24) is 20.0 Å². The summed E-state index contributed by atoms with van der Waals surface area (Å²) < 4.78 is 10.7. The SMILES string of the molecule is CCC(=O)c1ccc(OCC(=O)N(C)Cc2nc(-c3ccncc3)no2)cc1. The lowest BCUT2D eigenvalue weighted by molar-refractivity contribution is -0.132.